The molecule has 1 aliphatic heterocycles. The fourth-order valence-corrected chi connectivity index (χ4v) is 3.93. The van der Waals surface area contributed by atoms with Crippen molar-refractivity contribution in [3.63, 3.8) is 0 Å². The lowest BCUT2D eigenvalue weighted by Gasteiger charge is -2.26. The predicted molar refractivity (Wildman–Crippen MR) is 123 cm³/mol. The number of carbonyl (C=O) groups excluding carboxylic acids is 4. The third-order valence-corrected chi connectivity index (χ3v) is 5.97. The van der Waals surface area contributed by atoms with Crippen LogP contribution in [0.25, 0.3) is 0 Å². The average Bonchev–Trinajstić information content (AvgIpc) is 3.04. The van der Waals surface area contributed by atoms with E-state index >= 15 is 0 Å². The molecule has 1 aliphatic rings. The molecule has 174 valence electrons. The number of amides is 5. The zero-order valence-corrected chi connectivity index (χ0v) is 19.6. The molecule has 0 bridgehead atoms. The van der Waals surface area contributed by atoms with Crippen molar-refractivity contribution in [3.8, 4) is 0 Å². The van der Waals surface area contributed by atoms with Gasteiger partial charge in [0.25, 0.3) is 5.91 Å². The van der Waals surface area contributed by atoms with E-state index in [2.05, 4.69) is 21.2 Å². The van der Waals surface area contributed by atoms with E-state index in [0.29, 0.717) is 0 Å². The lowest BCUT2D eigenvalue weighted by atomic mass is 9.99. The van der Waals surface area contributed by atoms with Gasteiger partial charge in [-0.25, -0.2) is 10.3 Å². The number of nitrogens with one attached hydrogen (secondary N) is 2. The van der Waals surface area contributed by atoms with Crippen molar-refractivity contribution in [3.05, 3.63) is 70.2 Å². The molecular formula is C23H25BrN4O5. The number of rotatable bonds is 9. The fraction of sp³-hybridized carbons (Fsp3) is 0.304. The van der Waals surface area contributed by atoms with Gasteiger partial charge >= 0.3 is 6.03 Å². The number of carbonyl (C=O) groups is 4. The summed E-state index contributed by atoms with van der Waals surface area (Å²) in [5, 5.41) is 11.2. The molecule has 3 rings (SSSR count). The zero-order valence-electron chi connectivity index (χ0n) is 18.0. The highest BCUT2D eigenvalue weighted by Crippen LogP contribution is 2.28. The minimum Gasteiger partial charge on any atom is -0.355 e. The Bertz CT molecular complexity index is 1020. The Morgan fingerprint density at radius 2 is 1.67 bits per heavy atom. The van der Waals surface area contributed by atoms with E-state index in [9.17, 15) is 19.2 Å². The molecule has 2 aromatic carbocycles. The largest absolute Gasteiger partial charge is 0.355 e. The average molecular weight is 517 g/mol. The lowest BCUT2D eigenvalue weighted by molar-refractivity contribution is -0.136. The molecule has 2 aromatic rings. The van der Waals surface area contributed by atoms with Gasteiger partial charge < -0.3 is 10.2 Å². The number of halogens is 1. The maximum Gasteiger partial charge on any atom is 0.328 e. The molecule has 0 aromatic heterocycles. The van der Waals surface area contributed by atoms with E-state index in [0.717, 1.165) is 15.6 Å². The molecule has 0 spiro atoms. The Labute approximate surface area is 199 Å². The van der Waals surface area contributed by atoms with Gasteiger partial charge in [-0.2, -0.15) is 0 Å². The smallest absolute Gasteiger partial charge is 0.328 e. The first-order valence-electron chi connectivity index (χ1n) is 10.4. The van der Waals surface area contributed by atoms with Crippen molar-refractivity contribution in [1.29, 1.82) is 0 Å². The standard InChI is InChI=1S/C23H25BrN4O5/c1-15(21(30)25-12-11-19(29)26-33)20-22(31)28(14-16-5-3-2-4-6-16)23(32)27(20)13-17-7-9-18(24)10-8-17/h2-10,15,20,33H,11-14H2,1H3,(H,25,30)(H,26,29). The Kier molecular flexibility index (Phi) is 8.18. The van der Waals surface area contributed by atoms with Crippen molar-refractivity contribution < 1.29 is 24.4 Å². The molecule has 1 heterocycles. The number of nitrogens with zero attached hydrogens (tertiary/aromatic N) is 2. The van der Waals surface area contributed by atoms with Crippen LogP contribution >= 0.6 is 15.9 Å². The monoisotopic (exact) mass is 516 g/mol. The quantitative estimate of drug-likeness (QED) is 0.268. The van der Waals surface area contributed by atoms with Crippen molar-refractivity contribution in [1.82, 2.24) is 20.6 Å². The van der Waals surface area contributed by atoms with Crippen molar-refractivity contribution in [2.24, 2.45) is 5.92 Å². The summed E-state index contributed by atoms with van der Waals surface area (Å²) in [5.41, 5.74) is 3.12. The van der Waals surface area contributed by atoms with Gasteiger partial charge in [0.1, 0.15) is 6.04 Å². The van der Waals surface area contributed by atoms with E-state index in [-0.39, 0.29) is 26.1 Å². The van der Waals surface area contributed by atoms with Crippen LogP contribution in [0.2, 0.25) is 0 Å². The highest BCUT2D eigenvalue weighted by Gasteiger charge is 2.49. The number of urea groups is 1. The first-order valence-corrected chi connectivity index (χ1v) is 11.2. The molecule has 0 radical (unpaired) electrons. The van der Waals surface area contributed by atoms with Crippen molar-refractivity contribution in [2.45, 2.75) is 32.5 Å². The molecule has 3 N–H and O–H groups in total. The van der Waals surface area contributed by atoms with Gasteiger partial charge in [0, 0.05) is 24.0 Å². The third-order valence-electron chi connectivity index (χ3n) is 5.44. The Hall–Kier alpha value is -3.24. The molecule has 2 unspecified atom stereocenters. The number of hydrogen-bond acceptors (Lipinski definition) is 5. The summed E-state index contributed by atoms with van der Waals surface area (Å²) in [6.45, 7) is 1.85. The van der Waals surface area contributed by atoms with Gasteiger partial charge in [0.15, 0.2) is 0 Å². The summed E-state index contributed by atoms with van der Waals surface area (Å²) in [5.74, 6) is -2.40. The first kappa shape index (κ1) is 24.4. The lowest BCUT2D eigenvalue weighted by Crippen LogP contribution is -2.46. The maximum atomic E-state index is 13.3. The highest BCUT2D eigenvalue weighted by atomic mass is 79.9. The topological polar surface area (TPSA) is 119 Å². The second kappa shape index (κ2) is 11.1. The van der Waals surface area contributed by atoms with Crippen molar-refractivity contribution >= 4 is 39.7 Å². The highest BCUT2D eigenvalue weighted by molar-refractivity contribution is 9.10. The molecule has 1 fully saturated rings. The van der Waals surface area contributed by atoms with Gasteiger partial charge in [-0.15, -0.1) is 0 Å². The van der Waals surface area contributed by atoms with Crippen LogP contribution in [0.5, 0.6) is 0 Å². The SMILES string of the molecule is CC(C(=O)NCCC(=O)NO)C1C(=O)N(Cc2ccccc2)C(=O)N1Cc1ccc(Br)cc1. The second-order valence-electron chi connectivity index (χ2n) is 7.76. The Morgan fingerprint density at radius 3 is 2.30 bits per heavy atom. The Morgan fingerprint density at radius 1 is 1.03 bits per heavy atom. The van der Waals surface area contributed by atoms with Gasteiger partial charge in [-0.1, -0.05) is 65.3 Å². The van der Waals surface area contributed by atoms with E-state index in [1.807, 2.05) is 54.6 Å². The fourth-order valence-electron chi connectivity index (χ4n) is 3.67. The summed E-state index contributed by atoms with van der Waals surface area (Å²) < 4.78 is 0.886. The van der Waals surface area contributed by atoms with E-state index in [1.54, 1.807) is 6.92 Å². The zero-order chi connectivity index (χ0) is 24.0. The molecule has 0 aliphatic carbocycles. The first-order chi connectivity index (χ1) is 15.8. The Balaban J connectivity index is 1.81. The molecule has 9 nitrogen and oxygen atoms in total. The van der Waals surface area contributed by atoms with Crippen LogP contribution in [-0.2, 0) is 27.5 Å². The van der Waals surface area contributed by atoms with Crippen LogP contribution < -0.4 is 10.8 Å². The number of benzene rings is 2. The minimum atomic E-state index is -0.989. The van der Waals surface area contributed by atoms with Crippen LogP contribution in [-0.4, -0.2) is 51.3 Å². The molecule has 2 atom stereocenters. The van der Waals surface area contributed by atoms with Crippen molar-refractivity contribution in [2.75, 3.05) is 6.54 Å². The van der Waals surface area contributed by atoms with Crippen LogP contribution in [0.1, 0.15) is 24.5 Å². The van der Waals surface area contributed by atoms with Crippen LogP contribution in [0.3, 0.4) is 0 Å². The summed E-state index contributed by atoms with van der Waals surface area (Å²) >= 11 is 3.38. The van der Waals surface area contributed by atoms with E-state index < -0.39 is 35.7 Å². The molecule has 33 heavy (non-hydrogen) atoms. The number of hydroxylamine groups is 1. The van der Waals surface area contributed by atoms with Gasteiger partial charge in [-0.3, -0.25) is 24.5 Å². The molecule has 1 saturated heterocycles. The molecular weight excluding hydrogens is 492 g/mol. The van der Waals surface area contributed by atoms with Crippen LogP contribution in [0, 0.1) is 5.92 Å². The molecule has 0 saturated carbocycles. The van der Waals surface area contributed by atoms with Crippen LogP contribution in [0.15, 0.2) is 59.1 Å². The maximum absolute atomic E-state index is 13.3. The summed E-state index contributed by atoms with van der Waals surface area (Å²) in [6, 6.07) is 15.1. The summed E-state index contributed by atoms with van der Waals surface area (Å²) in [7, 11) is 0. The second-order valence-corrected chi connectivity index (χ2v) is 8.67. The van der Waals surface area contributed by atoms with Gasteiger partial charge in [-0.05, 0) is 23.3 Å². The number of hydrogen-bond donors (Lipinski definition) is 3. The molecule has 10 heteroatoms. The van der Waals surface area contributed by atoms with E-state index in [4.69, 9.17) is 5.21 Å². The number of imide groups is 1. The van der Waals surface area contributed by atoms with Gasteiger partial charge in [0.2, 0.25) is 11.8 Å². The van der Waals surface area contributed by atoms with Crippen LogP contribution in [0.4, 0.5) is 4.79 Å². The van der Waals surface area contributed by atoms with E-state index in [1.165, 1.54) is 15.3 Å². The third kappa shape index (κ3) is 5.96. The minimum absolute atomic E-state index is 0.00906. The normalized spacial score (nSPS) is 16.6. The summed E-state index contributed by atoms with van der Waals surface area (Å²) in [4.78, 5) is 53.1. The van der Waals surface area contributed by atoms with Gasteiger partial charge in [0.05, 0.1) is 12.5 Å². The molecule has 5 amide bonds. The predicted octanol–water partition coefficient (Wildman–Crippen LogP) is 2.43. The summed E-state index contributed by atoms with van der Waals surface area (Å²) in [6.07, 6.45) is -0.116.